The number of rotatable bonds is 5. The molecule has 0 saturated carbocycles. The fraction of sp³-hybridized carbons (Fsp3) is 0.111. The second-order valence-corrected chi connectivity index (χ2v) is 4.50. The molecule has 0 heterocycles. The molecule has 2 aromatic carbocycles. The monoisotopic (exact) mass is 250 g/mol. The largest absolute Gasteiger partial charge is 0.507 e. The maximum Gasteiger partial charge on any atom is 0.126 e. The lowest BCUT2D eigenvalue weighted by molar-refractivity contribution is 0.472. The molecule has 96 valence electrons. The first kappa shape index (κ1) is 13.2. The summed E-state index contributed by atoms with van der Waals surface area (Å²) in [6, 6.07) is 14.0. The van der Waals surface area contributed by atoms with E-state index in [-0.39, 0.29) is 0 Å². The third kappa shape index (κ3) is 2.94. The summed E-state index contributed by atoms with van der Waals surface area (Å²) < 4.78 is 0. The predicted molar refractivity (Wildman–Crippen MR) is 81.3 cm³/mol. The number of benzene rings is 2. The maximum atomic E-state index is 10.3. The van der Waals surface area contributed by atoms with Crippen LogP contribution in [0.2, 0.25) is 0 Å². The number of allylic oxidation sites excluding steroid dienone is 2. The highest BCUT2D eigenvalue weighted by molar-refractivity contribution is 5.72. The molecule has 19 heavy (non-hydrogen) atoms. The molecule has 2 aromatic rings. The molecule has 0 fully saturated rings. The third-order valence-electron chi connectivity index (χ3n) is 3.10. The highest BCUT2D eigenvalue weighted by Crippen LogP contribution is 2.33. The number of hydrogen-bond acceptors (Lipinski definition) is 1. The Bertz CT molecular complexity index is 596. The first-order valence-corrected chi connectivity index (χ1v) is 6.38. The SMILES string of the molecule is C=CCc1cccc(-c2cccc(CC=C)c2O)c1. The summed E-state index contributed by atoms with van der Waals surface area (Å²) in [5, 5.41) is 10.3. The van der Waals surface area contributed by atoms with E-state index in [0.717, 1.165) is 23.1 Å². The van der Waals surface area contributed by atoms with Crippen LogP contribution in [0.3, 0.4) is 0 Å². The fourth-order valence-electron chi connectivity index (χ4n) is 2.18. The average molecular weight is 250 g/mol. The lowest BCUT2D eigenvalue weighted by Crippen LogP contribution is -1.88. The van der Waals surface area contributed by atoms with Gasteiger partial charge in [0.1, 0.15) is 5.75 Å². The molecule has 0 saturated heterocycles. The van der Waals surface area contributed by atoms with Crippen LogP contribution in [-0.4, -0.2) is 5.11 Å². The van der Waals surface area contributed by atoms with Crippen molar-refractivity contribution < 1.29 is 5.11 Å². The van der Waals surface area contributed by atoms with E-state index in [1.165, 1.54) is 5.56 Å². The van der Waals surface area contributed by atoms with Crippen molar-refractivity contribution in [3.05, 3.63) is 78.9 Å². The molecule has 0 bridgehead atoms. The summed E-state index contributed by atoms with van der Waals surface area (Å²) in [7, 11) is 0. The van der Waals surface area contributed by atoms with Crippen LogP contribution in [0.25, 0.3) is 11.1 Å². The molecule has 0 aliphatic carbocycles. The maximum absolute atomic E-state index is 10.3. The topological polar surface area (TPSA) is 20.2 Å². The van der Waals surface area contributed by atoms with E-state index in [1.54, 1.807) is 6.08 Å². The number of aromatic hydroxyl groups is 1. The molecule has 0 unspecified atom stereocenters. The van der Waals surface area contributed by atoms with Crippen molar-refractivity contribution in [2.75, 3.05) is 0 Å². The zero-order valence-corrected chi connectivity index (χ0v) is 11.0. The first-order chi connectivity index (χ1) is 9.26. The van der Waals surface area contributed by atoms with E-state index in [0.29, 0.717) is 12.2 Å². The van der Waals surface area contributed by atoms with Gasteiger partial charge in [-0.3, -0.25) is 0 Å². The Morgan fingerprint density at radius 3 is 2.42 bits per heavy atom. The number of phenols is 1. The van der Waals surface area contributed by atoms with Crippen LogP contribution < -0.4 is 0 Å². The minimum atomic E-state index is 0.346. The highest BCUT2D eigenvalue weighted by Gasteiger charge is 2.08. The van der Waals surface area contributed by atoms with Gasteiger partial charge in [-0.15, -0.1) is 13.2 Å². The van der Waals surface area contributed by atoms with E-state index in [4.69, 9.17) is 0 Å². The van der Waals surface area contributed by atoms with Crippen LogP contribution in [0, 0.1) is 0 Å². The summed E-state index contributed by atoms with van der Waals surface area (Å²) in [6.45, 7) is 7.47. The van der Waals surface area contributed by atoms with Gasteiger partial charge in [-0.2, -0.15) is 0 Å². The van der Waals surface area contributed by atoms with Gasteiger partial charge in [-0.25, -0.2) is 0 Å². The van der Waals surface area contributed by atoms with Gasteiger partial charge >= 0.3 is 0 Å². The van der Waals surface area contributed by atoms with E-state index >= 15 is 0 Å². The molecule has 1 nitrogen and oxygen atoms in total. The van der Waals surface area contributed by atoms with Crippen LogP contribution in [0.5, 0.6) is 5.75 Å². The quantitative estimate of drug-likeness (QED) is 0.774. The van der Waals surface area contributed by atoms with Crippen molar-refractivity contribution in [1.29, 1.82) is 0 Å². The van der Waals surface area contributed by atoms with Gasteiger partial charge in [0, 0.05) is 5.56 Å². The molecule has 1 N–H and O–H groups in total. The van der Waals surface area contributed by atoms with Crippen molar-refractivity contribution >= 4 is 0 Å². The number of hydrogen-bond donors (Lipinski definition) is 1. The Labute approximate surface area is 114 Å². The minimum Gasteiger partial charge on any atom is -0.507 e. The second kappa shape index (κ2) is 6.05. The average Bonchev–Trinajstić information content (AvgIpc) is 2.42. The van der Waals surface area contributed by atoms with E-state index in [9.17, 15) is 5.11 Å². The molecule has 0 radical (unpaired) electrons. The molecule has 1 heteroatoms. The summed E-state index contributed by atoms with van der Waals surface area (Å²) in [6.07, 6.45) is 5.19. The molecule has 0 amide bonds. The first-order valence-electron chi connectivity index (χ1n) is 6.38. The fourth-order valence-corrected chi connectivity index (χ4v) is 2.18. The van der Waals surface area contributed by atoms with E-state index in [1.807, 2.05) is 36.4 Å². The van der Waals surface area contributed by atoms with Crippen molar-refractivity contribution in [3.63, 3.8) is 0 Å². The Morgan fingerprint density at radius 1 is 0.947 bits per heavy atom. The molecule has 0 aromatic heterocycles. The van der Waals surface area contributed by atoms with Crippen LogP contribution in [0.1, 0.15) is 11.1 Å². The zero-order valence-electron chi connectivity index (χ0n) is 11.0. The highest BCUT2D eigenvalue weighted by atomic mass is 16.3. The Hall–Kier alpha value is -2.28. The molecule has 0 spiro atoms. The van der Waals surface area contributed by atoms with Crippen molar-refractivity contribution in [2.24, 2.45) is 0 Å². The zero-order chi connectivity index (χ0) is 13.7. The number of para-hydroxylation sites is 1. The van der Waals surface area contributed by atoms with Crippen molar-refractivity contribution in [1.82, 2.24) is 0 Å². The van der Waals surface area contributed by atoms with Crippen LogP contribution in [0.15, 0.2) is 67.8 Å². The Balaban J connectivity index is 2.46. The van der Waals surface area contributed by atoms with Gasteiger partial charge in [-0.1, -0.05) is 54.6 Å². The van der Waals surface area contributed by atoms with E-state index < -0.39 is 0 Å². The summed E-state index contributed by atoms with van der Waals surface area (Å²) >= 11 is 0. The standard InChI is InChI=1S/C18H18O/c1-3-7-14-9-5-11-16(13-14)17-12-6-10-15(8-4-2)18(17)19/h3-6,9-13,19H,1-2,7-8H2. The van der Waals surface area contributed by atoms with Gasteiger partial charge in [0.15, 0.2) is 0 Å². The predicted octanol–water partition coefficient (Wildman–Crippen LogP) is 4.52. The molecule has 2 rings (SSSR count). The van der Waals surface area contributed by atoms with Crippen LogP contribution >= 0.6 is 0 Å². The summed E-state index contributed by atoms with van der Waals surface area (Å²) in [4.78, 5) is 0. The third-order valence-corrected chi connectivity index (χ3v) is 3.10. The van der Waals surface area contributed by atoms with Gasteiger partial charge in [0.05, 0.1) is 0 Å². The number of phenolic OH excluding ortho intramolecular Hbond substituents is 1. The van der Waals surface area contributed by atoms with Crippen LogP contribution in [-0.2, 0) is 12.8 Å². The summed E-state index contributed by atoms with van der Waals surface area (Å²) in [5.41, 5.74) is 4.00. The normalized spacial score (nSPS) is 10.1. The molecule has 0 atom stereocenters. The van der Waals surface area contributed by atoms with Crippen molar-refractivity contribution in [2.45, 2.75) is 12.8 Å². The lowest BCUT2D eigenvalue weighted by atomic mass is 9.98. The lowest BCUT2D eigenvalue weighted by Gasteiger charge is -2.10. The van der Waals surface area contributed by atoms with Gasteiger partial charge in [-0.05, 0) is 29.5 Å². The van der Waals surface area contributed by atoms with Crippen molar-refractivity contribution in [3.8, 4) is 16.9 Å². The molecule has 0 aliphatic rings. The second-order valence-electron chi connectivity index (χ2n) is 4.50. The smallest absolute Gasteiger partial charge is 0.126 e. The van der Waals surface area contributed by atoms with E-state index in [2.05, 4.69) is 25.3 Å². The Kier molecular flexibility index (Phi) is 4.19. The Morgan fingerprint density at radius 2 is 1.68 bits per heavy atom. The van der Waals surface area contributed by atoms with Gasteiger partial charge in [0.2, 0.25) is 0 Å². The van der Waals surface area contributed by atoms with Gasteiger partial charge in [0.25, 0.3) is 0 Å². The minimum absolute atomic E-state index is 0.346. The molecular weight excluding hydrogens is 232 g/mol. The molecular formula is C18H18O. The van der Waals surface area contributed by atoms with Crippen LogP contribution in [0.4, 0.5) is 0 Å². The molecule has 0 aliphatic heterocycles. The van der Waals surface area contributed by atoms with Gasteiger partial charge < -0.3 is 5.11 Å². The summed E-state index contributed by atoms with van der Waals surface area (Å²) in [5.74, 6) is 0.346.